The summed E-state index contributed by atoms with van der Waals surface area (Å²) >= 11 is 1.65. The number of halogens is 1. The third-order valence-electron chi connectivity index (χ3n) is 2.03. The highest BCUT2D eigenvalue weighted by molar-refractivity contribution is 7.98. The number of ether oxygens (including phenoxy) is 1. The first-order chi connectivity index (χ1) is 7.19. The van der Waals surface area contributed by atoms with Crippen LogP contribution in [0.25, 0.3) is 0 Å². The van der Waals surface area contributed by atoms with E-state index in [9.17, 15) is 4.39 Å². The van der Waals surface area contributed by atoms with Crippen molar-refractivity contribution in [2.45, 2.75) is 13.0 Å². The van der Waals surface area contributed by atoms with Gasteiger partial charge in [-0.2, -0.15) is 11.8 Å². The SMILES string of the molecule is CCOc1ccc(C(N)CSC)cc1F. The van der Waals surface area contributed by atoms with Crippen molar-refractivity contribution in [3.05, 3.63) is 29.6 Å². The second-order valence-electron chi connectivity index (χ2n) is 3.18. The minimum atomic E-state index is -0.342. The molecular formula is C11H16FNOS. The number of hydrogen-bond acceptors (Lipinski definition) is 3. The van der Waals surface area contributed by atoms with Gasteiger partial charge in [-0.25, -0.2) is 4.39 Å². The van der Waals surface area contributed by atoms with E-state index < -0.39 is 0 Å². The Balaban J connectivity index is 2.81. The van der Waals surface area contributed by atoms with Gasteiger partial charge in [0.15, 0.2) is 11.6 Å². The zero-order valence-corrected chi connectivity index (χ0v) is 9.81. The fraction of sp³-hybridized carbons (Fsp3) is 0.455. The topological polar surface area (TPSA) is 35.2 Å². The third-order valence-corrected chi connectivity index (χ3v) is 2.72. The number of rotatable bonds is 5. The van der Waals surface area contributed by atoms with Gasteiger partial charge in [0.05, 0.1) is 6.61 Å². The molecule has 0 saturated carbocycles. The van der Waals surface area contributed by atoms with Gasteiger partial charge in [-0.15, -0.1) is 0 Å². The second-order valence-corrected chi connectivity index (χ2v) is 4.10. The van der Waals surface area contributed by atoms with Crippen LogP contribution >= 0.6 is 11.8 Å². The summed E-state index contributed by atoms with van der Waals surface area (Å²) in [6, 6.07) is 4.78. The minimum absolute atomic E-state index is 0.120. The Kier molecular flexibility index (Phi) is 4.91. The molecular weight excluding hydrogens is 213 g/mol. The van der Waals surface area contributed by atoms with Gasteiger partial charge >= 0.3 is 0 Å². The van der Waals surface area contributed by atoms with Gasteiger partial charge in [0.25, 0.3) is 0 Å². The van der Waals surface area contributed by atoms with E-state index in [4.69, 9.17) is 10.5 Å². The molecule has 0 spiro atoms. The molecule has 0 bridgehead atoms. The lowest BCUT2D eigenvalue weighted by Gasteiger charge is -2.12. The second kappa shape index (κ2) is 5.98. The van der Waals surface area contributed by atoms with Crippen molar-refractivity contribution in [3.63, 3.8) is 0 Å². The van der Waals surface area contributed by atoms with Crippen LogP contribution in [0, 0.1) is 5.82 Å². The normalized spacial score (nSPS) is 12.5. The molecule has 0 amide bonds. The summed E-state index contributed by atoms with van der Waals surface area (Å²) in [6.07, 6.45) is 1.98. The maximum atomic E-state index is 13.5. The average Bonchev–Trinajstić information content (AvgIpc) is 2.21. The van der Waals surface area contributed by atoms with Crippen LogP contribution in [0.1, 0.15) is 18.5 Å². The van der Waals surface area contributed by atoms with E-state index in [1.54, 1.807) is 17.8 Å². The van der Waals surface area contributed by atoms with E-state index in [0.29, 0.717) is 6.61 Å². The van der Waals surface area contributed by atoms with Crippen molar-refractivity contribution >= 4 is 11.8 Å². The molecule has 0 aliphatic rings. The summed E-state index contributed by atoms with van der Waals surface area (Å²) in [5.41, 5.74) is 6.68. The Morgan fingerprint density at radius 3 is 2.80 bits per heavy atom. The molecule has 0 radical (unpaired) electrons. The van der Waals surface area contributed by atoms with E-state index in [1.165, 1.54) is 6.07 Å². The Bertz CT molecular complexity index is 319. The maximum absolute atomic E-state index is 13.5. The van der Waals surface area contributed by atoms with Gasteiger partial charge in [-0.05, 0) is 30.9 Å². The smallest absolute Gasteiger partial charge is 0.165 e. The molecule has 1 atom stereocenters. The first-order valence-corrected chi connectivity index (χ1v) is 6.25. The maximum Gasteiger partial charge on any atom is 0.165 e. The van der Waals surface area contributed by atoms with Crippen molar-refractivity contribution in [1.29, 1.82) is 0 Å². The molecule has 84 valence electrons. The lowest BCUT2D eigenvalue weighted by atomic mass is 10.1. The molecule has 1 aromatic carbocycles. The van der Waals surface area contributed by atoms with Crippen LogP contribution in [0.15, 0.2) is 18.2 Å². The molecule has 0 saturated heterocycles. The highest BCUT2D eigenvalue weighted by Gasteiger charge is 2.09. The van der Waals surface area contributed by atoms with Crippen molar-refractivity contribution in [2.75, 3.05) is 18.6 Å². The van der Waals surface area contributed by atoms with Crippen LogP contribution < -0.4 is 10.5 Å². The zero-order valence-electron chi connectivity index (χ0n) is 9.00. The van der Waals surface area contributed by atoms with E-state index in [0.717, 1.165) is 11.3 Å². The predicted octanol–water partition coefficient (Wildman–Crippen LogP) is 2.59. The fourth-order valence-corrected chi connectivity index (χ4v) is 1.85. The number of thioether (sulfide) groups is 1. The van der Waals surface area contributed by atoms with Crippen molar-refractivity contribution in [1.82, 2.24) is 0 Å². The van der Waals surface area contributed by atoms with Crippen LogP contribution in [0.4, 0.5) is 4.39 Å². The molecule has 0 fully saturated rings. The minimum Gasteiger partial charge on any atom is -0.491 e. The molecule has 0 heterocycles. The average molecular weight is 229 g/mol. The number of benzene rings is 1. The lowest BCUT2D eigenvalue weighted by Crippen LogP contribution is -2.13. The Hall–Kier alpha value is -0.740. The molecule has 2 N–H and O–H groups in total. The lowest BCUT2D eigenvalue weighted by molar-refractivity contribution is 0.321. The first-order valence-electron chi connectivity index (χ1n) is 4.85. The summed E-state index contributed by atoms with van der Waals surface area (Å²) in [6.45, 7) is 2.29. The molecule has 0 aliphatic heterocycles. The Morgan fingerprint density at radius 1 is 1.53 bits per heavy atom. The van der Waals surface area contributed by atoms with E-state index in [1.807, 2.05) is 19.2 Å². The van der Waals surface area contributed by atoms with Crippen LogP contribution in [-0.4, -0.2) is 18.6 Å². The van der Waals surface area contributed by atoms with Crippen LogP contribution in [0.3, 0.4) is 0 Å². The largest absolute Gasteiger partial charge is 0.491 e. The summed E-state index contributed by atoms with van der Waals surface area (Å²) < 4.78 is 18.6. The van der Waals surface area contributed by atoms with E-state index in [-0.39, 0.29) is 17.6 Å². The highest BCUT2D eigenvalue weighted by atomic mass is 32.2. The van der Waals surface area contributed by atoms with Crippen LogP contribution in [0.5, 0.6) is 5.75 Å². The van der Waals surface area contributed by atoms with Gasteiger partial charge in [-0.3, -0.25) is 0 Å². The number of hydrogen-bond donors (Lipinski definition) is 1. The quantitative estimate of drug-likeness (QED) is 0.843. The van der Waals surface area contributed by atoms with Crippen molar-refractivity contribution in [2.24, 2.45) is 5.73 Å². The van der Waals surface area contributed by atoms with Crippen molar-refractivity contribution < 1.29 is 9.13 Å². The van der Waals surface area contributed by atoms with E-state index >= 15 is 0 Å². The van der Waals surface area contributed by atoms with Gasteiger partial charge in [0.2, 0.25) is 0 Å². The highest BCUT2D eigenvalue weighted by Crippen LogP contribution is 2.22. The first kappa shape index (κ1) is 12.3. The Morgan fingerprint density at radius 2 is 2.27 bits per heavy atom. The van der Waals surface area contributed by atoms with Gasteiger partial charge < -0.3 is 10.5 Å². The van der Waals surface area contributed by atoms with E-state index in [2.05, 4.69) is 0 Å². The van der Waals surface area contributed by atoms with Crippen LogP contribution in [0.2, 0.25) is 0 Å². The summed E-state index contributed by atoms with van der Waals surface area (Å²) in [5.74, 6) is 0.733. The molecule has 2 nitrogen and oxygen atoms in total. The Labute approximate surface area is 94.0 Å². The van der Waals surface area contributed by atoms with Crippen LogP contribution in [-0.2, 0) is 0 Å². The monoisotopic (exact) mass is 229 g/mol. The summed E-state index contributed by atoms with van der Waals surface area (Å²) in [5, 5.41) is 0. The third kappa shape index (κ3) is 3.39. The van der Waals surface area contributed by atoms with Crippen molar-refractivity contribution in [3.8, 4) is 5.75 Å². The summed E-state index contributed by atoms with van der Waals surface area (Å²) in [4.78, 5) is 0. The fourth-order valence-electron chi connectivity index (χ4n) is 1.30. The molecule has 15 heavy (non-hydrogen) atoms. The summed E-state index contributed by atoms with van der Waals surface area (Å²) in [7, 11) is 0. The standard InChI is InChI=1S/C11H16FNOS/c1-3-14-11-5-4-8(6-9(11)12)10(13)7-15-2/h4-6,10H,3,7,13H2,1-2H3. The zero-order chi connectivity index (χ0) is 11.3. The van der Waals surface area contributed by atoms with Gasteiger partial charge in [-0.1, -0.05) is 6.07 Å². The molecule has 1 aromatic rings. The molecule has 1 rings (SSSR count). The van der Waals surface area contributed by atoms with Gasteiger partial charge in [0, 0.05) is 11.8 Å². The number of nitrogens with two attached hydrogens (primary N) is 1. The molecule has 0 aromatic heterocycles. The molecule has 4 heteroatoms. The predicted molar refractivity (Wildman–Crippen MR) is 62.9 cm³/mol. The van der Waals surface area contributed by atoms with Gasteiger partial charge in [0.1, 0.15) is 0 Å². The molecule has 0 aliphatic carbocycles. The molecule has 1 unspecified atom stereocenters.